The van der Waals surface area contributed by atoms with Crippen LogP contribution in [0.25, 0.3) is 0 Å². The fourth-order valence-corrected chi connectivity index (χ4v) is 13.1. The van der Waals surface area contributed by atoms with Gasteiger partial charge in [0.2, 0.25) is 0 Å². The molecule has 5 saturated carbocycles. The number of fused-ring (bicyclic) bond motifs is 7. The van der Waals surface area contributed by atoms with Crippen molar-refractivity contribution in [2.75, 3.05) is 13.2 Å². The molecule has 250 valence electrons. The predicted octanol–water partition coefficient (Wildman–Crippen LogP) is 7.34. The Hall–Kier alpha value is -1.92. The number of rotatable bonds is 7. The fraction of sp³-hybridized carbons (Fsp3) is 0.795. The van der Waals surface area contributed by atoms with E-state index in [0.29, 0.717) is 17.8 Å². The van der Waals surface area contributed by atoms with Crippen LogP contribution >= 0.6 is 0 Å². The molecule has 45 heavy (non-hydrogen) atoms. The van der Waals surface area contributed by atoms with Crippen LogP contribution in [0.1, 0.15) is 111 Å². The number of hydrogen-bond donors (Lipinski definition) is 2. The molecule has 4 unspecified atom stereocenters. The maximum absolute atomic E-state index is 14.3. The minimum absolute atomic E-state index is 0.0327. The first-order valence-electron chi connectivity index (χ1n) is 17.9. The van der Waals surface area contributed by atoms with E-state index in [0.717, 1.165) is 69.8 Å². The van der Waals surface area contributed by atoms with Gasteiger partial charge in [-0.1, -0.05) is 65.0 Å². The van der Waals surface area contributed by atoms with E-state index in [4.69, 9.17) is 9.47 Å². The van der Waals surface area contributed by atoms with Crippen molar-refractivity contribution < 1.29 is 29.3 Å². The Morgan fingerprint density at radius 1 is 0.822 bits per heavy atom. The van der Waals surface area contributed by atoms with Gasteiger partial charge in [-0.25, -0.2) is 0 Å². The van der Waals surface area contributed by atoms with Crippen molar-refractivity contribution in [1.82, 2.24) is 0 Å². The normalized spacial score (nSPS) is 43.4. The van der Waals surface area contributed by atoms with Crippen molar-refractivity contribution in [3.8, 4) is 0 Å². The van der Waals surface area contributed by atoms with Crippen LogP contribution in [0.2, 0.25) is 0 Å². The summed E-state index contributed by atoms with van der Waals surface area (Å²) in [7, 11) is 0. The highest BCUT2D eigenvalue weighted by atomic mass is 16.5. The summed E-state index contributed by atoms with van der Waals surface area (Å²) in [5.41, 5.74) is 0.702. The van der Waals surface area contributed by atoms with E-state index in [9.17, 15) is 19.8 Å². The zero-order chi connectivity index (χ0) is 32.4. The van der Waals surface area contributed by atoms with Crippen LogP contribution in [0.3, 0.4) is 0 Å². The molecule has 10 atom stereocenters. The average molecular weight is 623 g/mol. The quantitative estimate of drug-likeness (QED) is 0.309. The molecular weight excluding hydrogens is 564 g/mol. The number of carbonyl (C=O) groups excluding carboxylic acids is 2. The molecule has 0 spiro atoms. The third kappa shape index (κ3) is 4.85. The van der Waals surface area contributed by atoms with Gasteiger partial charge in [0.1, 0.15) is 12.7 Å². The lowest BCUT2D eigenvalue weighted by molar-refractivity contribution is -0.252. The Morgan fingerprint density at radius 3 is 2.20 bits per heavy atom. The summed E-state index contributed by atoms with van der Waals surface area (Å²) in [6.45, 7) is 14.1. The summed E-state index contributed by atoms with van der Waals surface area (Å²) in [5, 5.41) is 20.9. The lowest BCUT2D eigenvalue weighted by atomic mass is 9.32. The van der Waals surface area contributed by atoms with E-state index in [2.05, 4.69) is 34.6 Å². The summed E-state index contributed by atoms with van der Waals surface area (Å²) < 4.78 is 12.1. The van der Waals surface area contributed by atoms with Crippen molar-refractivity contribution in [1.29, 1.82) is 0 Å². The SMILES string of the molecule is CC(=O)O[C@@H]1CC[C@@]2(C)C(CC[C@]3(C)C2CCC2C4[C@H](C(CO)CO)CC[C@]4(C(=O)OCc4ccccc4)CC[C@]23C)C1(C)C. The Bertz CT molecular complexity index is 1260. The van der Waals surface area contributed by atoms with E-state index in [1.807, 2.05) is 30.3 Å². The number of esters is 2. The number of aliphatic hydroxyl groups excluding tert-OH is 2. The van der Waals surface area contributed by atoms with Crippen molar-refractivity contribution >= 4 is 11.9 Å². The Morgan fingerprint density at radius 2 is 1.53 bits per heavy atom. The number of ether oxygens (including phenoxy) is 2. The fourth-order valence-electron chi connectivity index (χ4n) is 13.1. The molecule has 5 aliphatic carbocycles. The van der Waals surface area contributed by atoms with E-state index < -0.39 is 5.41 Å². The summed E-state index contributed by atoms with van der Waals surface area (Å²) >= 11 is 0. The molecule has 0 heterocycles. The van der Waals surface area contributed by atoms with Crippen molar-refractivity contribution in [2.45, 2.75) is 118 Å². The lowest BCUT2D eigenvalue weighted by Crippen LogP contribution is -2.67. The molecule has 0 saturated heterocycles. The summed E-state index contributed by atoms with van der Waals surface area (Å²) in [6, 6.07) is 9.95. The van der Waals surface area contributed by atoms with Gasteiger partial charge < -0.3 is 19.7 Å². The zero-order valence-electron chi connectivity index (χ0n) is 28.6. The van der Waals surface area contributed by atoms with Crippen LogP contribution in [0, 0.1) is 62.6 Å². The molecule has 6 rings (SSSR count). The topological polar surface area (TPSA) is 93.1 Å². The number of aliphatic hydroxyl groups is 2. The molecule has 6 nitrogen and oxygen atoms in total. The van der Waals surface area contributed by atoms with Crippen LogP contribution in [0.15, 0.2) is 30.3 Å². The van der Waals surface area contributed by atoms with E-state index in [1.54, 1.807) is 6.92 Å². The maximum atomic E-state index is 14.3. The Kier molecular flexibility index (Phi) is 8.54. The number of hydrogen-bond acceptors (Lipinski definition) is 6. The largest absolute Gasteiger partial charge is 0.462 e. The highest BCUT2D eigenvalue weighted by Gasteiger charge is 2.72. The van der Waals surface area contributed by atoms with Gasteiger partial charge in [-0.15, -0.1) is 0 Å². The average Bonchev–Trinajstić information content (AvgIpc) is 3.39. The van der Waals surface area contributed by atoms with Crippen LogP contribution in [-0.4, -0.2) is 41.5 Å². The summed E-state index contributed by atoms with van der Waals surface area (Å²) in [4.78, 5) is 26.3. The van der Waals surface area contributed by atoms with Crippen LogP contribution < -0.4 is 0 Å². The first-order valence-corrected chi connectivity index (χ1v) is 17.9. The molecule has 1 aromatic rings. The molecule has 0 radical (unpaired) electrons. The van der Waals surface area contributed by atoms with Gasteiger partial charge in [0.05, 0.1) is 5.41 Å². The second-order valence-electron chi connectivity index (χ2n) is 17.2. The van der Waals surface area contributed by atoms with E-state index in [1.165, 1.54) is 0 Å². The van der Waals surface area contributed by atoms with E-state index in [-0.39, 0.29) is 77.3 Å². The van der Waals surface area contributed by atoms with Crippen LogP contribution in [0.5, 0.6) is 0 Å². The molecular formula is C39H58O6. The number of benzene rings is 1. The minimum Gasteiger partial charge on any atom is -0.462 e. The zero-order valence-corrected chi connectivity index (χ0v) is 28.6. The van der Waals surface area contributed by atoms with Crippen molar-refractivity contribution in [3.05, 3.63) is 35.9 Å². The molecule has 0 amide bonds. The molecule has 0 aromatic heterocycles. The standard InChI is InChI=1S/C39H58O6/c1-25(42)45-32-16-17-36(4)30(35(32,2)3)15-18-38(6)31(36)13-12-29-33-28(27(22-40)23-41)14-19-39(33,21-20-37(29,38)5)34(43)44-24-26-10-8-7-9-11-26/h7-11,27-33,40-41H,12-24H2,1-6H3/t28-,29?,30?,31?,32+,33?,36-,37+,38+,39-/m0/s1. The van der Waals surface area contributed by atoms with Gasteiger partial charge in [0.25, 0.3) is 0 Å². The van der Waals surface area contributed by atoms with Gasteiger partial charge in [0.15, 0.2) is 0 Å². The van der Waals surface area contributed by atoms with E-state index >= 15 is 0 Å². The second kappa shape index (κ2) is 11.6. The molecule has 2 N–H and O–H groups in total. The number of carbonyl (C=O) groups is 2. The third-order valence-electron chi connectivity index (χ3n) is 15.4. The van der Waals surface area contributed by atoms with Crippen molar-refractivity contribution in [2.24, 2.45) is 62.6 Å². The molecule has 6 heteroatoms. The molecule has 1 aromatic carbocycles. The predicted molar refractivity (Wildman–Crippen MR) is 174 cm³/mol. The molecule has 0 aliphatic heterocycles. The minimum atomic E-state index is -0.555. The van der Waals surface area contributed by atoms with Gasteiger partial charge in [-0.3, -0.25) is 9.59 Å². The monoisotopic (exact) mass is 622 g/mol. The molecule has 5 aliphatic rings. The second-order valence-corrected chi connectivity index (χ2v) is 17.2. The van der Waals surface area contributed by atoms with Crippen molar-refractivity contribution in [3.63, 3.8) is 0 Å². The first kappa shape index (κ1) is 33.0. The highest BCUT2D eigenvalue weighted by molar-refractivity contribution is 5.78. The van der Waals surface area contributed by atoms with Crippen LogP contribution in [-0.2, 0) is 25.7 Å². The summed E-state index contributed by atoms with van der Waals surface area (Å²) in [5.74, 6) is 1.16. The van der Waals surface area contributed by atoms with Gasteiger partial charge >= 0.3 is 11.9 Å². The maximum Gasteiger partial charge on any atom is 0.312 e. The van der Waals surface area contributed by atoms with Gasteiger partial charge in [0, 0.05) is 31.5 Å². The Balaban J connectivity index is 1.33. The van der Waals surface area contributed by atoms with Crippen LogP contribution in [0.4, 0.5) is 0 Å². The van der Waals surface area contributed by atoms with Gasteiger partial charge in [-0.2, -0.15) is 0 Å². The molecule has 5 fully saturated rings. The Labute approximate surface area is 271 Å². The lowest BCUT2D eigenvalue weighted by Gasteiger charge is -2.72. The molecule has 0 bridgehead atoms. The first-order chi connectivity index (χ1) is 21.3. The highest BCUT2D eigenvalue weighted by Crippen LogP contribution is 2.77. The third-order valence-corrected chi connectivity index (χ3v) is 15.4. The van der Waals surface area contributed by atoms with Gasteiger partial charge in [-0.05, 0) is 116 Å². The smallest absolute Gasteiger partial charge is 0.312 e. The summed E-state index contributed by atoms with van der Waals surface area (Å²) in [6.07, 6.45) is 9.93.